The van der Waals surface area contributed by atoms with Crippen molar-refractivity contribution in [2.24, 2.45) is 0 Å². The zero-order valence-corrected chi connectivity index (χ0v) is 25.4. The van der Waals surface area contributed by atoms with Gasteiger partial charge in [-0.25, -0.2) is 59.9 Å². The van der Waals surface area contributed by atoms with Crippen molar-refractivity contribution in [1.29, 1.82) is 5.26 Å². The number of nitrogens with zero attached hydrogens (tertiary/aromatic N) is 6. The van der Waals surface area contributed by atoms with Crippen molar-refractivity contribution >= 4 is 61.3 Å². The lowest BCUT2D eigenvalue weighted by Crippen LogP contribution is -2.03. The van der Waals surface area contributed by atoms with Gasteiger partial charge in [0.15, 0.2) is 67.7 Å². The second-order valence-corrected chi connectivity index (χ2v) is 12.4. The summed E-state index contributed by atoms with van der Waals surface area (Å²) in [6.45, 7) is 6.78. The Morgan fingerprint density at radius 1 is 0.620 bits per heavy atom. The molecule has 0 aliphatic rings. The molecule has 4 aromatic carbocycles. The summed E-state index contributed by atoms with van der Waals surface area (Å²) in [6.07, 6.45) is 1.97. The molecule has 244 valence electrons. The van der Waals surface area contributed by atoms with Gasteiger partial charge in [0, 0.05) is 12.4 Å². The molecule has 0 saturated heterocycles. The van der Waals surface area contributed by atoms with Crippen LogP contribution in [0.2, 0.25) is 0 Å². The highest BCUT2D eigenvalue weighted by molar-refractivity contribution is 7.18. The Morgan fingerprint density at radius 2 is 1.04 bits per heavy atom. The van der Waals surface area contributed by atoms with Gasteiger partial charge in [0.2, 0.25) is 0 Å². The van der Waals surface area contributed by atoms with Gasteiger partial charge in [-0.1, -0.05) is 0 Å². The number of aromatic nitrogens is 4. The van der Waals surface area contributed by atoms with Crippen molar-refractivity contribution in [3.8, 4) is 48.7 Å². The van der Waals surface area contributed by atoms with Crippen molar-refractivity contribution in [2.75, 3.05) is 0 Å². The molecule has 0 aliphatic heterocycles. The van der Waals surface area contributed by atoms with Gasteiger partial charge >= 0.3 is 0 Å². The molecule has 0 fully saturated rings. The van der Waals surface area contributed by atoms with Crippen molar-refractivity contribution in [1.82, 2.24) is 19.9 Å². The van der Waals surface area contributed by atoms with Crippen LogP contribution in [0.3, 0.4) is 0 Å². The summed E-state index contributed by atoms with van der Waals surface area (Å²) < 4.78 is 127. The second kappa shape index (κ2) is 11.2. The van der Waals surface area contributed by atoms with Gasteiger partial charge in [0.05, 0.1) is 27.5 Å². The highest BCUT2D eigenvalue weighted by atomic mass is 32.1. The van der Waals surface area contributed by atoms with E-state index in [1.54, 1.807) is 24.3 Å². The molecule has 0 atom stereocenters. The van der Waals surface area contributed by atoms with Crippen LogP contribution >= 0.6 is 22.7 Å². The monoisotopic (exact) mass is 722 g/mol. The fourth-order valence-electron chi connectivity index (χ4n) is 5.14. The third kappa shape index (κ3) is 4.53. The molecule has 8 nitrogen and oxygen atoms in total. The van der Waals surface area contributed by atoms with Gasteiger partial charge in [-0.05, 0) is 35.0 Å². The van der Waals surface area contributed by atoms with Gasteiger partial charge in [0.1, 0.15) is 22.7 Å². The topological polar surface area (TPSA) is 106 Å². The van der Waals surface area contributed by atoms with E-state index in [0.29, 0.717) is 44.5 Å². The van der Waals surface area contributed by atoms with Crippen molar-refractivity contribution in [3.05, 3.63) is 100 Å². The van der Waals surface area contributed by atoms with Gasteiger partial charge in [-0.2, -0.15) is 5.26 Å². The van der Waals surface area contributed by atoms with E-state index in [1.165, 1.54) is 0 Å². The molecule has 0 unspecified atom stereocenters. The molecular formula is C32H6F8N6O2S2. The van der Waals surface area contributed by atoms with Crippen LogP contribution in [0, 0.1) is 64.4 Å². The van der Waals surface area contributed by atoms with E-state index in [1.807, 2.05) is 0 Å². The third-order valence-electron chi connectivity index (χ3n) is 7.45. The van der Waals surface area contributed by atoms with E-state index in [2.05, 4.69) is 24.8 Å². The van der Waals surface area contributed by atoms with Crippen molar-refractivity contribution in [2.45, 2.75) is 0 Å². The Hall–Kier alpha value is -6.24. The summed E-state index contributed by atoms with van der Waals surface area (Å²) in [5.74, 6) is -14.5. The lowest BCUT2D eigenvalue weighted by Gasteiger charge is -2.06. The number of hydrogen-bond donors (Lipinski definition) is 0. The van der Waals surface area contributed by atoms with E-state index in [9.17, 15) is 35.1 Å². The van der Waals surface area contributed by atoms with Crippen LogP contribution in [0.25, 0.3) is 80.5 Å². The fraction of sp³-hybridized carbons (Fsp3) is 0. The minimum atomic E-state index is -1.84. The smallest absolute Gasteiger partial charge is 0.262 e. The first-order valence-corrected chi connectivity index (χ1v) is 15.2. The Balaban J connectivity index is 1.13. The van der Waals surface area contributed by atoms with Crippen LogP contribution < -0.4 is 0 Å². The zero-order chi connectivity index (χ0) is 35.2. The molecule has 0 saturated carbocycles. The number of hydrogen-bond acceptors (Lipinski definition) is 9. The van der Waals surface area contributed by atoms with Crippen LogP contribution in [0.5, 0.6) is 0 Å². The molecule has 8 rings (SSSR count). The van der Waals surface area contributed by atoms with Crippen LogP contribution in [0.15, 0.2) is 45.5 Å². The quantitative estimate of drug-likeness (QED) is 0.101. The predicted octanol–water partition coefficient (Wildman–Crippen LogP) is 10.2. The molecule has 0 amide bonds. The van der Waals surface area contributed by atoms with Gasteiger partial charge in [-0.3, -0.25) is 0 Å². The summed E-state index contributed by atoms with van der Waals surface area (Å²) in [7, 11) is 0. The fourth-order valence-corrected chi connectivity index (χ4v) is 6.89. The molecule has 18 heteroatoms. The van der Waals surface area contributed by atoms with E-state index >= 15 is 0 Å². The highest BCUT2D eigenvalue weighted by Crippen LogP contribution is 2.42. The van der Waals surface area contributed by atoms with Crippen LogP contribution in [0.1, 0.15) is 5.56 Å². The van der Waals surface area contributed by atoms with Gasteiger partial charge < -0.3 is 8.83 Å². The molecule has 0 radical (unpaired) electrons. The second-order valence-electron chi connectivity index (χ2n) is 10.3. The number of rotatable bonds is 4. The largest absolute Gasteiger partial charge is 0.434 e. The number of oxazole rings is 2. The number of fused-ring (bicyclic) bond motifs is 3. The molecule has 4 aromatic heterocycles. The third-order valence-corrected chi connectivity index (χ3v) is 9.46. The molecular weight excluding hydrogens is 717 g/mol. The van der Waals surface area contributed by atoms with Crippen LogP contribution in [0.4, 0.5) is 40.8 Å². The van der Waals surface area contributed by atoms with Gasteiger partial charge in [-0.15, -0.1) is 22.7 Å². The molecule has 0 N–H and O–H groups in total. The molecule has 8 aromatic rings. The maximum atomic E-state index is 14.6. The molecule has 4 heterocycles. The lowest BCUT2D eigenvalue weighted by atomic mass is 10.1. The molecule has 0 aliphatic carbocycles. The van der Waals surface area contributed by atoms with Crippen LogP contribution in [-0.2, 0) is 0 Å². The number of thiazole rings is 2. The first-order chi connectivity index (χ1) is 24.0. The van der Waals surface area contributed by atoms with E-state index < -0.39 is 68.9 Å². The first kappa shape index (κ1) is 31.1. The summed E-state index contributed by atoms with van der Waals surface area (Å²) >= 11 is 1.29. The number of nitriles is 1. The zero-order valence-electron chi connectivity index (χ0n) is 23.8. The first-order valence-electron chi connectivity index (χ1n) is 13.6. The average Bonchev–Trinajstić information content (AvgIpc) is 3.91. The van der Waals surface area contributed by atoms with Crippen molar-refractivity contribution < 1.29 is 44.0 Å². The minimum Gasteiger partial charge on any atom is -0.434 e. The van der Waals surface area contributed by atoms with E-state index in [4.69, 9.17) is 20.7 Å². The number of benzene rings is 4. The maximum absolute atomic E-state index is 14.6. The SMILES string of the molecule is [C-]#[N+]c1c(F)c(F)c(-c2cnc(-c3nc4cc5cc6oc(-c7ncc(-c8c(F)c(F)c(C#N)c(F)c8F)s7)nc6cc5cc4o3)s2)c(F)c1F. The average molecular weight is 723 g/mol. The molecule has 0 spiro atoms. The Bertz CT molecular complexity index is 2550. The number of halogens is 8. The van der Waals surface area contributed by atoms with Crippen LogP contribution in [-0.4, -0.2) is 19.9 Å². The normalized spacial score (nSPS) is 11.6. The van der Waals surface area contributed by atoms with Crippen molar-refractivity contribution in [3.63, 3.8) is 0 Å². The molecule has 0 bridgehead atoms. The Kier molecular flexibility index (Phi) is 6.93. The Labute approximate surface area is 279 Å². The maximum Gasteiger partial charge on any atom is 0.262 e. The molecule has 50 heavy (non-hydrogen) atoms. The summed E-state index contributed by atoms with van der Waals surface area (Å²) in [6, 6.07) is 7.56. The van der Waals surface area contributed by atoms with E-state index in [0.717, 1.165) is 18.5 Å². The van der Waals surface area contributed by atoms with E-state index in [-0.39, 0.29) is 42.7 Å². The summed E-state index contributed by atoms with van der Waals surface area (Å²) in [4.78, 5) is 18.7. The lowest BCUT2D eigenvalue weighted by molar-refractivity contribution is 0.455. The highest BCUT2D eigenvalue weighted by Gasteiger charge is 2.30. The Morgan fingerprint density at radius 3 is 1.44 bits per heavy atom. The summed E-state index contributed by atoms with van der Waals surface area (Å²) in [5, 5.41) is 10.1. The standard InChI is InChI=1S/C32H6F8N6O2S2/c1-42-28-26(39)24(37)19(25(38)27(28)40)17-8-44-32(50-17)30-46-13-3-10-4-14-12(2-9(10)5-15(13)48-30)45-29(47-14)31-43-7-16(49-31)18-22(35)20(33)11(6-41)21(34)23(18)36/h2-5,7-8H. The predicted molar refractivity (Wildman–Crippen MR) is 163 cm³/mol. The van der Waals surface area contributed by atoms with Gasteiger partial charge in [0.25, 0.3) is 17.5 Å². The summed E-state index contributed by atoms with van der Waals surface area (Å²) in [5.41, 5.74) is -3.68. The minimum absolute atomic E-state index is 0.0275.